The van der Waals surface area contributed by atoms with Crippen LogP contribution in [0.4, 0.5) is 4.79 Å². The minimum Gasteiger partial charge on any atom is -0.444 e. The van der Waals surface area contributed by atoms with Gasteiger partial charge in [-0.3, -0.25) is 4.99 Å². The lowest BCUT2D eigenvalue weighted by molar-refractivity contribution is 0.0168. The Bertz CT molecular complexity index is 638. The Hall–Kier alpha value is -1.83. The monoisotopic (exact) mass is 395 g/mol. The summed E-state index contributed by atoms with van der Waals surface area (Å²) in [4.78, 5) is 24.1. The van der Waals surface area contributed by atoms with E-state index >= 15 is 0 Å². The Labute approximate surface area is 166 Å². The van der Waals surface area contributed by atoms with Crippen LogP contribution in [0.3, 0.4) is 0 Å². The van der Waals surface area contributed by atoms with E-state index in [-0.39, 0.29) is 6.09 Å². The maximum absolute atomic E-state index is 12.3. The van der Waals surface area contributed by atoms with Gasteiger partial charge in [0.1, 0.15) is 10.6 Å². The molecule has 1 aliphatic rings. The molecule has 1 aromatic rings. The fourth-order valence-electron chi connectivity index (χ4n) is 2.94. The van der Waals surface area contributed by atoms with Crippen LogP contribution < -0.4 is 10.6 Å². The third kappa shape index (κ3) is 7.36. The quantitative estimate of drug-likeness (QED) is 0.592. The van der Waals surface area contributed by atoms with Crippen molar-refractivity contribution in [2.45, 2.75) is 59.1 Å². The number of aliphatic imine (C=N–C) groups is 1. The molecule has 1 amide bonds. The number of rotatable bonds is 5. The molecule has 1 aromatic heterocycles. The molecule has 1 atom stereocenters. The van der Waals surface area contributed by atoms with Gasteiger partial charge in [0.25, 0.3) is 0 Å². The Morgan fingerprint density at radius 2 is 2.22 bits per heavy atom. The van der Waals surface area contributed by atoms with Gasteiger partial charge < -0.3 is 20.3 Å². The molecule has 0 bridgehead atoms. The van der Waals surface area contributed by atoms with Crippen molar-refractivity contribution in [3.8, 4) is 0 Å². The molecule has 1 fully saturated rings. The first-order valence-corrected chi connectivity index (χ1v) is 10.5. The summed E-state index contributed by atoms with van der Waals surface area (Å²) in [6, 6.07) is 0. The van der Waals surface area contributed by atoms with Crippen LogP contribution in [0.2, 0.25) is 0 Å². The molecule has 0 aliphatic carbocycles. The maximum atomic E-state index is 12.3. The van der Waals surface area contributed by atoms with Crippen molar-refractivity contribution in [1.29, 1.82) is 0 Å². The predicted molar refractivity (Wildman–Crippen MR) is 110 cm³/mol. The van der Waals surface area contributed by atoms with Crippen molar-refractivity contribution >= 4 is 23.4 Å². The van der Waals surface area contributed by atoms with Crippen molar-refractivity contribution in [2.75, 3.05) is 26.7 Å². The van der Waals surface area contributed by atoms with Crippen LogP contribution >= 0.6 is 11.3 Å². The first-order valence-electron chi connectivity index (χ1n) is 9.66. The summed E-state index contributed by atoms with van der Waals surface area (Å²) in [7, 11) is 1.77. The normalized spacial score (nSPS) is 18.3. The maximum Gasteiger partial charge on any atom is 0.410 e. The minimum absolute atomic E-state index is 0.217. The van der Waals surface area contributed by atoms with Crippen LogP contribution in [0, 0.1) is 5.92 Å². The molecule has 0 saturated carbocycles. The topological polar surface area (TPSA) is 78.9 Å². The highest BCUT2D eigenvalue weighted by molar-refractivity contribution is 7.11. The number of ether oxygens (including phenoxy) is 1. The Kier molecular flexibility index (Phi) is 7.89. The van der Waals surface area contributed by atoms with Crippen molar-refractivity contribution in [3.63, 3.8) is 0 Å². The van der Waals surface area contributed by atoms with Gasteiger partial charge in [0.05, 0.1) is 6.54 Å². The van der Waals surface area contributed by atoms with Crippen molar-refractivity contribution < 1.29 is 9.53 Å². The molecule has 27 heavy (non-hydrogen) atoms. The van der Waals surface area contributed by atoms with Crippen molar-refractivity contribution in [3.05, 3.63) is 16.1 Å². The molecule has 1 saturated heterocycles. The van der Waals surface area contributed by atoms with Gasteiger partial charge in [-0.25, -0.2) is 9.78 Å². The number of aromatic nitrogens is 1. The molecule has 0 aromatic carbocycles. The molecule has 2 rings (SSSR count). The number of nitrogens with one attached hydrogen (secondary N) is 2. The molecule has 1 unspecified atom stereocenters. The number of nitrogens with zero attached hydrogens (tertiary/aromatic N) is 3. The number of amides is 1. The highest BCUT2D eigenvalue weighted by Gasteiger charge is 2.27. The highest BCUT2D eigenvalue weighted by Crippen LogP contribution is 2.19. The number of hydrogen-bond donors (Lipinski definition) is 2. The van der Waals surface area contributed by atoms with E-state index in [0.29, 0.717) is 19.0 Å². The zero-order chi connectivity index (χ0) is 19.9. The standard InChI is InChI=1S/C19H33N5O2S/c1-6-15-11-21-16(27-15)12-23-17(20-5)22-10-14-8-7-9-24(13-14)18(25)26-19(2,3)4/h11,14H,6-10,12-13H2,1-5H3,(H2,20,22,23). The first kappa shape index (κ1) is 21.5. The van der Waals surface area contributed by atoms with E-state index in [2.05, 4.69) is 27.5 Å². The second-order valence-corrected chi connectivity index (χ2v) is 9.01. The fraction of sp³-hybridized carbons (Fsp3) is 0.737. The molecule has 1 aliphatic heterocycles. The number of hydrogen-bond acceptors (Lipinski definition) is 5. The summed E-state index contributed by atoms with van der Waals surface area (Å²) in [5.74, 6) is 1.15. The second kappa shape index (κ2) is 9.92. The average molecular weight is 396 g/mol. The summed E-state index contributed by atoms with van der Waals surface area (Å²) in [5.41, 5.74) is -0.457. The number of carbonyl (C=O) groups excluding carboxylic acids is 1. The second-order valence-electron chi connectivity index (χ2n) is 7.82. The van der Waals surface area contributed by atoms with Crippen LogP contribution in [0.5, 0.6) is 0 Å². The zero-order valence-corrected chi connectivity index (χ0v) is 18.0. The number of thiazole rings is 1. The van der Waals surface area contributed by atoms with Gasteiger partial charge in [0.2, 0.25) is 0 Å². The van der Waals surface area contributed by atoms with Crippen LogP contribution in [0.1, 0.15) is 50.4 Å². The smallest absolute Gasteiger partial charge is 0.410 e. The van der Waals surface area contributed by atoms with Gasteiger partial charge in [-0.05, 0) is 46.0 Å². The van der Waals surface area contributed by atoms with E-state index in [9.17, 15) is 4.79 Å². The van der Waals surface area contributed by atoms with E-state index in [1.54, 1.807) is 18.4 Å². The number of piperidine rings is 1. The van der Waals surface area contributed by atoms with Crippen molar-refractivity contribution in [1.82, 2.24) is 20.5 Å². The van der Waals surface area contributed by atoms with E-state index in [1.165, 1.54) is 4.88 Å². The summed E-state index contributed by atoms with van der Waals surface area (Å²) in [6.45, 7) is 10.7. The molecule has 2 N–H and O–H groups in total. The summed E-state index contributed by atoms with van der Waals surface area (Å²) < 4.78 is 5.50. The zero-order valence-electron chi connectivity index (χ0n) is 17.2. The Morgan fingerprint density at radius 3 is 2.85 bits per heavy atom. The molecule has 7 nitrogen and oxygen atoms in total. The molecule has 152 valence electrons. The number of carbonyl (C=O) groups is 1. The molecular formula is C19H33N5O2S. The Balaban J connectivity index is 1.77. The van der Waals surface area contributed by atoms with Gasteiger partial charge in [0.15, 0.2) is 5.96 Å². The van der Waals surface area contributed by atoms with Crippen LogP contribution in [-0.2, 0) is 17.7 Å². The minimum atomic E-state index is -0.457. The molecule has 0 spiro atoms. The summed E-state index contributed by atoms with van der Waals surface area (Å²) in [5, 5.41) is 7.74. The lowest BCUT2D eigenvalue weighted by Crippen LogP contribution is -2.47. The molecule has 2 heterocycles. The largest absolute Gasteiger partial charge is 0.444 e. The SMILES string of the molecule is CCc1cnc(CNC(=NC)NCC2CCCN(C(=O)OC(C)(C)C)C2)s1. The van der Waals surface area contributed by atoms with E-state index in [0.717, 1.165) is 43.3 Å². The van der Waals surface area contributed by atoms with Gasteiger partial charge in [0, 0.05) is 37.8 Å². The molecule has 0 radical (unpaired) electrons. The van der Waals surface area contributed by atoms with E-state index < -0.39 is 5.60 Å². The Morgan fingerprint density at radius 1 is 1.44 bits per heavy atom. The third-order valence-electron chi connectivity index (χ3n) is 4.31. The van der Waals surface area contributed by atoms with Crippen molar-refractivity contribution in [2.24, 2.45) is 10.9 Å². The van der Waals surface area contributed by atoms with Gasteiger partial charge in [-0.2, -0.15) is 0 Å². The predicted octanol–water partition coefficient (Wildman–Crippen LogP) is 3.02. The van der Waals surface area contributed by atoms with E-state index in [4.69, 9.17) is 4.74 Å². The summed E-state index contributed by atoms with van der Waals surface area (Å²) in [6.07, 6.45) is 4.82. The number of aryl methyl sites for hydroxylation is 1. The van der Waals surface area contributed by atoms with Gasteiger partial charge in [-0.1, -0.05) is 6.92 Å². The van der Waals surface area contributed by atoms with Crippen LogP contribution in [0.25, 0.3) is 0 Å². The average Bonchev–Trinajstić information content (AvgIpc) is 3.09. The van der Waals surface area contributed by atoms with Gasteiger partial charge in [-0.15, -0.1) is 11.3 Å². The summed E-state index contributed by atoms with van der Waals surface area (Å²) >= 11 is 1.72. The fourth-order valence-corrected chi connectivity index (χ4v) is 3.74. The first-order chi connectivity index (χ1) is 12.8. The number of guanidine groups is 1. The molecule has 8 heteroatoms. The lowest BCUT2D eigenvalue weighted by Gasteiger charge is -2.34. The van der Waals surface area contributed by atoms with Gasteiger partial charge >= 0.3 is 6.09 Å². The van der Waals surface area contributed by atoms with E-state index in [1.807, 2.05) is 31.9 Å². The molecular weight excluding hydrogens is 362 g/mol. The number of likely N-dealkylation sites (tertiary alicyclic amines) is 1. The lowest BCUT2D eigenvalue weighted by atomic mass is 9.98. The highest BCUT2D eigenvalue weighted by atomic mass is 32.1. The third-order valence-corrected chi connectivity index (χ3v) is 5.45. The van der Waals surface area contributed by atoms with Crippen LogP contribution in [0.15, 0.2) is 11.2 Å². The van der Waals surface area contributed by atoms with Crippen LogP contribution in [-0.4, -0.2) is 54.2 Å².